The molecule has 0 aromatic heterocycles. The molecule has 0 amide bonds. The topological polar surface area (TPSA) is 63.6 Å². The van der Waals surface area contributed by atoms with Gasteiger partial charge in [0.05, 0.1) is 6.61 Å². The van der Waals surface area contributed by atoms with Crippen LogP contribution in [0.1, 0.15) is 113 Å². The standard InChI is InChI=1S/C18H38O4S.2Na.2H/c1-2-3-4-5-6-7-8-9-10-11-12-13-14-15-16-17-18-22-23(19,20)21;;;;/h2-18H2,1H3,(H,19,20,21);;;;/q;2*+1;2*-1. The van der Waals surface area contributed by atoms with Crippen LogP contribution >= 0.6 is 0 Å². The largest absolute Gasteiger partial charge is 1.00 e. The second-order valence-corrected chi connectivity index (χ2v) is 7.64. The van der Waals surface area contributed by atoms with E-state index in [9.17, 15) is 8.42 Å². The second-order valence-electron chi connectivity index (χ2n) is 6.55. The molecule has 0 aliphatic rings. The Balaban J connectivity index is -0.000000403. The number of unbranched alkanes of at least 4 members (excludes halogenated alkanes) is 15. The molecule has 0 aromatic carbocycles. The van der Waals surface area contributed by atoms with Crippen molar-refractivity contribution in [2.24, 2.45) is 0 Å². The van der Waals surface area contributed by atoms with Crippen molar-refractivity contribution in [1.82, 2.24) is 0 Å². The molecule has 0 aliphatic carbocycles. The fourth-order valence-corrected chi connectivity index (χ4v) is 3.14. The number of hydrogen-bond donors (Lipinski definition) is 1. The monoisotopic (exact) mass is 398 g/mol. The van der Waals surface area contributed by atoms with Crippen LogP contribution < -0.4 is 59.1 Å². The minimum Gasteiger partial charge on any atom is -1.00 e. The van der Waals surface area contributed by atoms with E-state index in [1.807, 2.05) is 0 Å². The van der Waals surface area contributed by atoms with Crippen LogP contribution in [0.2, 0.25) is 0 Å². The Labute approximate surface area is 204 Å². The molecule has 0 spiro atoms. The smallest absolute Gasteiger partial charge is 1.00 e. The Morgan fingerprint density at radius 1 is 0.640 bits per heavy atom. The van der Waals surface area contributed by atoms with Crippen LogP contribution in [0.5, 0.6) is 0 Å². The van der Waals surface area contributed by atoms with E-state index in [1.165, 1.54) is 83.5 Å². The van der Waals surface area contributed by atoms with E-state index in [0.29, 0.717) is 6.42 Å². The van der Waals surface area contributed by atoms with E-state index in [-0.39, 0.29) is 68.6 Å². The molecule has 0 bridgehead atoms. The molecule has 0 rings (SSSR count). The van der Waals surface area contributed by atoms with Crippen LogP contribution in [0.25, 0.3) is 0 Å². The molecular formula is C18H40Na2O4S. The molecule has 1 N–H and O–H groups in total. The summed E-state index contributed by atoms with van der Waals surface area (Å²) < 4.78 is 33.3. The van der Waals surface area contributed by atoms with Crippen LogP contribution in [-0.4, -0.2) is 19.6 Å². The molecule has 0 saturated carbocycles. The minimum atomic E-state index is -4.24. The molecule has 144 valence electrons. The van der Waals surface area contributed by atoms with E-state index in [2.05, 4.69) is 11.1 Å². The first-order valence-corrected chi connectivity index (χ1v) is 11.0. The van der Waals surface area contributed by atoms with Gasteiger partial charge in [-0.25, -0.2) is 4.18 Å². The molecule has 25 heavy (non-hydrogen) atoms. The average Bonchev–Trinajstić information content (AvgIpc) is 2.49. The van der Waals surface area contributed by atoms with Gasteiger partial charge in [-0.05, 0) is 6.42 Å². The van der Waals surface area contributed by atoms with E-state index >= 15 is 0 Å². The number of hydrogen-bond acceptors (Lipinski definition) is 3. The van der Waals surface area contributed by atoms with Gasteiger partial charge in [0.15, 0.2) is 0 Å². The summed E-state index contributed by atoms with van der Waals surface area (Å²) in [5.41, 5.74) is 0. The summed E-state index contributed by atoms with van der Waals surface area (Å²) in [4.78, 5) is 0. The summed E-state index contributed by atoms with van der Waals surface area (Å²) >= 11 is 0. The van der Waals surface area contributed by atoms with Crippen molar-refractivity contribution in [2.45, 2.75) is 110 Å². The van der Waals surface area contributed by atoms with Gasteiger partial charge in [0, 0.05) is 0 Å². The van der Waals surface area contributed by atoms with Crippen molar-refractivity contribution in [2.75, 3.05) is 6.61 Å². The predicted molar refractivity (Wildman–Crippen MR) is 99.3 cm³/mol. The molecular weight excluding hydrogens is 358 g/mol. The van der Waals surface area contributed by atoms with Crippen molar-refractivity contribution in [3.8, 4) is 0 Å². The van der Waals surface area contributed by atoms with Gasteiger partial charge < -0.3 is 2.85 Å². The van der Waals surface area contributed by atoms with Gasteiger partial charge in [-0.3, -0.25) is 4.55 Å². The van der Waals surface area contributed by atoms with Gasteiger partial charge in [0.25, 0.3) is 0 Å². The Hall–Kier alpha value is 1.87. The first-order valence-electron chi connectivity index (χ1n) is 9.68. The molecule has 4 nitrogen and oxygen atoms in total. The van der Waals surface area contributed by atoms with E-state index in [4.69, 9.17) is 4.55 Å². The summed E-state index contributed by atoms with van der Waals surface area (Å²) in [5.74, 6) is 0. The van der Waals surface area contributed by atoms with Crippen molar-refractivity contribution in [1.29, 1.82) is 0 Å². The summed E-state index contributed by atoms with van der Waals surface area (Å²) in [7, 11) is -4.24. The normalized spacial score (nSPS) is 11.0. The summed E-state index contributed by atoms with van der Waals surface area (Å²) in [6.07, 6.45) is 20.5. The zero-order chi connectivity index (χ0) is 17.2. The van der Waals surface area contributed by atoms with Gasteiger partial charge in [-0.15, -0.1) is 0 Å². The van der Waals surface area contributed by atoms with E-state index in [0.717, 1.165) is 12.8 Å². The van der Waals surface area contributed by atoms with Crippen molar-refractivity contribution in [3.63, 3.8) is 0 Å². The first kappa shape index (κ1) is 31.6. The Bertz CT molecular complexity index is 348. The number of rotatable bonds is 18. The van der Waals surface area contributed by atoms with Gasteiger partial charge in [0.1, 0.15) is 0 Å². The van der Waals surface area contributed by atoms with Crippen molar-refractivity contribution in [3.05, 3.63) is 0 Å². The molecule has 0 aromatic rings. The van der Waals surface area contributed by atoms with Crippen molar-refractivity contribution >= 4 is 10.4 Å². The van der Waals surface area contributed by atoms with Crippen molar-refractivity contribution < 1.29 is 79.1 Å². The van der Waals surface area contributed by atoms with E-state index < -0.39 is 10.4 Å². The molecule has 0 radical (unpaired) electrons. The van der Waals surface area contributed by atoms with Crippen LogP contribution in [-0.2, 0) is 14.6 Å². The SMILES string of the molecule is CCCCCCCCCCCCCCCCCCOS(=O)(=O)O.[H-].[H-].[Na+].[Na+]. The third-order valence-electron chi connectivity index (χ3n) is 4.23. The maximum atomic E-state index is 10.3. The third kappa shape index (κ3) is 30.8. The molecule has 0 heterocycles. The second kappa shape index (κ2) is 23.9. The molecule has 0 aliphatic heterocycles. The van der Waals surface area contributed by atoms with Gasteiger partial charge >= 0.3 is 69.5 Å². The molecule has 0 unspecified atom stereocenters. The van der Waals surface area contributed by atoms with Crippen LogP contribution in [0.4, 0.5) is 0 Å². The molecule has 0 fully saturated rings. The van der Waals surface area contributed by atoms with Crippen LogP contribution in [0.3, 0.4) is 0 Å². The Morgan fingerprint density at radius 2 is 0.920 bits per heavy atom. The average molecular weight is 399 g/mol. The summed E-state index contributed by atoms with van der Waals surface area (Å²) in [6.45, 7) is 2.36. The predicted octanol–water partition coefficient (Wildman–Crippen LogP) is 0.300. The molecule has 0 saturated heterocycles. The van der Waals surface area contributed by atoms with Crippen LogP contribution in [0.15, 0.2) is 0 Å². The maximum Gasteiger partial charge on any atom is 1.00 e. The summed E-state index contributed by atoms with van der Waals surface area (Å²) in [6, 6.07) is 0. The first-order chi connectivity index (χ1) is 11.1. The minimum absolute atomic E-state index is 0. The summed E-state index contributed by atoms with van der Waals surface area (Å²) in [5, 5.41) is 0. The fraction of sp³-hybridized carbons (Fsp3) is 1.00. The molecule has 0 atom stereocenters. The Kier molecular flexibility index (Phi) is 30.2. The zero-order valence-corrected chi connectivity index (χ0v) is 21.9. The van der Waals surface area contributed by atoms with Gasteiger partial charge in [-0.1, -0.05) is 103 Å². The third-order valence-corrected chi connectivity index (χ3v) is 4.69. The van der Waals surface area contributed by atoms with Crippen LogP contribution in [0, 0.1) is 0 Å². The Morgan fingerprint density at radius 3 is 1.20 bits per heavy atom. The van der Waals surface area contributed by atoms with Gasteiger partial charge in [0.2, 0.25) is 0 Å². The fourth-order valence-electron chi connectivity index (χ4n) is 2.81. The molecule has 7 heteroatoms. The maximum absolute atomic E-state index is 10.3. The zero-order valence-electron chi connectivity index (χ0n) is 19.1. The quantitative estimate of drug-likeness (QED) is 0.205. The van der Waals surface area contributed by atoms with Gasteiger partial charge in [-0.2, -0.15) is 8.42 Å². The van der Waals surface area contributed by atoms with E-state index in [1.54, 1.807) is 0 Å².